The Morgan fingerprint density at radius 1 is 1.35 bits per heavy atom. The molecule has 2 aromatic rings. The first-order valence-electron chi connectivity index (χ1n) is 6.26. The highest BCUT2D eigenvalue weighted by atomic mass is 16.1. The summed E-state index contributed by atoms with van der Waals surface area (Å²) in [5, 5.41) is 6.29. The van der Waals surface area contributed by atoms with Gasteiger partial charge in [0.15, 0.2) is 0 Å². The van der Waals surface area contributed by atoms with Crippen molar-refractivity contribution in [1.82, 2.24) is 9.97 Å². The Morgan fingerprint density at radius 3 is 2.85 bits per heavy atom. The highest BCUT2D eigenvalue weighted by Crippen LogP contribution is 2.20. The van der Waals surface area contributed by atoms with E-state index >= 15 is 0 Å². The number of amides is 1. The van der Waals surface area contributed by atoms with Gasteiger partial charge in [-0.2, -0.15) is 0 Å². The molecular weight excluding hydrogens is 254 g/mol. The summed E-state index contributed by atoms with van der Waals surface area (Å²) in [7, 11) is 1.87. The monoisotopic (exact) mass is 271 g/mol. The Kier molecular flexibility index (Phi) is 4.14. The van der Waals surface area contributed by atoms with Gasteiger partial charge in [0.25, 0.3) is 5.91 Å². The zero-order valence-corrected chi connectivity index (χ0v) is 11.4. The highest BCUT2D eigenvalue weighted by Gasteiger charge is 2.09. The quantitative estimate of drug-likeness (QED) is 0.771. The minimum atomic E-state index is -0.592. The molecule has 4 N–H and O–H groups in total. The summed E-state index contributed by atoms with van der Waals surface area (Å²) in [5.41, 5.74) is 7.46. The number of hydrogen-bond donors (Lipinski definition) is 3. The van der Waals surface area contributed by atoms with Crippen molar-refractivity contribution >= 4 is 17.4 Å². The molecule has 1 atom stereocenters. The molecule has 20 heavy (non-hydrogen) atoms. The lowest BCUT2D eigenvalue weighted by molar-refractivity contribution is 0.0995. The maximum absolute atomic E-state index is 11.1. The topological polar surface area (TPSA) is 92.9 Å². The van der Waals surface area contributed by atoms with Crippen LogP contribution < -0.4 is 16.4 Å². The minimum absolute atomic E-state index is 0.0285. The number of nitrogens with two attached hydrogens (primary N) is 1. The zero-order valence-electron chi connectivity index (χ0n) is 11.4. The number of rotatable bonds is 5. The molecule has 1 aromatic heterocycles. The second-order valence-corrected chi connectivity index (χ2v) is 4.40. The smallest absolute Gasteiger partial charge is 0.268 e. The molecule has 0 saturated carbocycles. The third kappa shape index (κ3) is 3.23. The van der Waals surface area contributed by atoms with Gasteiger partial charge in [0.05, 0.1) is 18.4 Å². The number of anilines is 2. The van der Waals surface area contributed by atoms with Gasteiger partial charge in [-0.25, -0.2) is 4.98 Å². The predicted octanol–water partition coefficient (Wildman–Crippen LogP) is 1.79. The number of carbonyl (C=O) groups is 1. The summed E-state index contributed by atoms with van der Waals surface area (Å²) < 4.78 is 0. The van der Waals surface area contributed by atoms with Crippen molar-refractivity contribution in [2.45, 2.75) is 13.0 Å². The van der Waals surface area contributed by atoms with E-state index in [1.165, 1.54) is 6.20 Å². The van der Waals surface area contributed by atoms with Gasteiger partial charge in [-0.15, -0.1) is 0 Å². The number of aromatic nitrogens is 2. The van der Waals surface area contributed by atoms with Crippen molar-refractivity contribution in [2.75, 3.05) is 17.7 Å². The normalized spacial score (nSPS) is 11.7. The molecule has 0 bridgehead atoms. The molecule has 1 heterocycles. The second kappa shape index (κ2) is 6.01. The van der Waals surface area contributed by atoms with Gasteiger partial charge in [-0.1, -0.05) is 12.1 Å². The number of nitrogens with one attached hydrogen (secondary N) is 2. The van der Waals surface area contributed by atoms with E-state index in [2.05, 4.69) is 20.6 Å². The molecular formula is C14H17N5O. The summed E-state index contributed by atoms with van der Waals surface area (Å²) in [6.07, 6.45) is 2.91. The summed E-state index contributed by atoms with van der Waals surface area (Å²) in [6.45, 7) is 2.01. The Hall–Kier alpha value is -2.63. The molecule has 0 aliphatic rings. The van der Waals surface area contributed by atoms with Crippen LogP contribution in [0.15, 0.2) is 36.7 Å². The van der Waals surface area contributed by atoms with Crippen LogP contribution in [0.2, 0.25) is 0 Å². The van der Waals surface area contributed by atoms with Gasteiger partial charge in [-0.05, 0) is 24.6 Å². The maximum atomic E-state index is 11.1. The number of primary amides is 1. The van der Waals surface area contributed by atoms with Crippen LogP contribution >= 0.6 is 0 Å². The van der Waals surface area contributed by atoms with Crippen molar-refractivity contribution in [3.63, 3.8) is 0 Å². The summed E-state index contributed by atoms with van der Waals surface area (Å²) in [4.78, 5) is 19.1. The van der Waals surface area contributed by atoms with Crippen molar-refractivity contribution in [3.8, 4) is 0 Å². The Labute approximate surface area is 117 Å². The van der Waals surface area contributed by atoms with E-state index in [0.717, 1.165) is 11.3 Å². The van der Waals surface area contributed by atoms with Gasteiger partial charge in [0.1, 0.15) is 11.5 Å². The zero-order chi connectivity index (χ0) is 14.5. The number of hydrogen-bond acceptors (Lipinski definition) is 5. The fourth-order valence-electron chi connectivity index (χ4n) is 1.82. The molecule has 0 radical (unpaired) electrons. The summed E-state index contributed by atoms with van der Waals surface area (Å²) >= 11 is 0. The molecule has 0 aliphatic heterocycles. The predicted molar refractivity (Wildman–Crippen MR) is 78.6 cm³/mol. The van der Waals surface area contributed by atoms with Crippen LogP contribution in [-0.2, 0) is 0 Å². The van der Waals surface area contributed by atoms with Gasteiger partial charge >= 0.3 is 0 Å². The van der Waals surface area contributed by atoms with Crippen LogP contribution in [0, 0.1) is 0 Å². The van der Waals surface area contributed by atoms with Crippen LogP contribution in [0.4, 0.5) is 11.5 Å². The van der Waals surface area contributed by atoms with E-state index in [4.69, 9.17) is 5.73 Å². The summed E-state index contributed by atoms with van der Waals surface area (Å²) in [6, 6.07) is 8.06. The van der Waals surface area contributed by atoms with Crippen molar-refractivity contribution < 1.29 is 4.79 Å². The number of benzene rings is 1. The number of nitrogens with zero attached hydrogens (tertiary/aromatic N) is 2. The SMILES string of the molecule is CNc1cccc(C(C)Nc2cncc(C(N)=O)n2)c1. The highest BCUT2D eigenvalue weighted by molar-refractivity contribution is 5.90. The van der Waals surface area contributed by atoms with E-state index < -0.39 is 5.91 Å². The third-order valence-corrected chi connectivity index (χ3v) is 2.93. The van der Waals surface area contributed by atoms with Gasteiger partial charge in [-0.3, -0.25) is 9.78 Å². The average molecular weight is 271 g/mol. The van der Waals surface area contributed by atoms with Crippen LogP contribution in [0.5, 0.6) is 0 Å². The van der Waals surface area contributed by atoms with Crippen molar-refractivity contribution in [1.29, 1.82) is 0 Å². The fourth-order valence-corrected chi connectivity index (χ4v) is 1.82. The molecule has 0 aliphatic carbocycles. The molecule has 0 saturated heterocycles. The second-order valence-electron chi connectivity index (χ2n) is 4.40. The van der Waals surface area contributed by atoms with Crippen molar-refractivity contribution in [3.05, 3.63) is 47.9 Å². The Bertz CT molecular complexity index is 614. The number of carbonyl (C=O) groups excluding carboxylic acids is 1. The first kappa shape index (κ1) is 13.8. The van der Waals surface area contributed by atoms with Crippen LogP contribution in [0.25, 0.3) is 0 Å². The molecule has 1 unspecified atom stereocenters. The molecule has 1 amide bonds. The maximum Gasteiger partial charge on any atom is 0.268 e. The molecule has 104 valence electrons. The first-order valence-corrected chi connectivity index (χ1v) is 6.26. The largest absolute Gasteiger partial charge is 0.388 e. The molecule has 6 nitrogen and oxygen atoms in total. The van der Waals surface area contributed by atoms with E-state index in [0.29, 0.717) is 5.82 Å². The van der Waals surface area contributed by atoms with E-state index in [1.807, 2.05) is 38.2 Å². The Balaban J connectivity index is 2.16. The third-order valence-electron chi connectivity index (χ3n) is 2.93. The molecule has 0 spiro atoms. The van der Waals surface area contributed by atoms with Crippen LogP contribution in [-0.4, -0.2) is 22.9 Å². The standard InChI is InChI=1S/C14H17N5O/c1-9(10-4-3-5-11(6-10)16-2)18-13-8-17-7-12(19-13)14(15)20/h3-9,16H,1-2H3,(H2,15,20)(H,18,19). The van der Waals surface area contributed by atoms with Gasteiger partial charge in [0, 0.05) is 12.7 Å². The molecule has 1 aromatic carbocycles. The lowest BCUT2D eigenvalue weighted by atomic mass is 10.1. The first-order chi connectivity index (χ1) is 9.60. The van der Waals surface area contributed by atoms with E-state index in [9.17, 15) is 4.79 Å². The minimum Gasteiger partial charge on any atom is -0.388 e. The average Bonchev–Trinajstić information content (AvgIpc) is 2.47. The molecule has 6 heteroatoms. The lowest BCUT2D eigenvalue weighted by Gasteiger charge is -2.16. The van der Waals surface area contributed by atoms with E-state index in [-0.39, 0.29) is 11.7 Å². The van der Waals surface area contributed by atoms with E-state index in [1.54, 1.807) is 6.20 Å². The van der Waals surface area contributed by atoms with Gasteiger partial charge < -0.3 is 16.4 Å². The molecule has 2 rings (SSSR count). The molecule has 0 fully saturated rings. The van der Waals surface area contributed by atoms with Crippen molar-refractivity contribution in [2.24, 2.45) is 5.73 Å². The fraction of sp³-hybridized carbons (Fsp3) is 0.214. The van der Waals surface area contributed by atoms with Crippen LogP contribution in [0.3, 0.4) is 0 Å². The lowest BCUT2D eigenvalue weighted by Crippen LogP contribution is -2.15. The summed E-state index contributed by atoms with van der Waals surface area (Å²) in [5.74, 6) is -0.0744. The van der Waals surface area contributed by atoms with Gasteiger partial charge in [0.2, 0.25) is 0 Å². The Morgan fingerprint density at radius 2 is 2.15 bits per heavy atom. The van der Waals surface area contributed by atoms with Crippen LogP contribution in [0.1, 0.15) is 29.0 Å².